The number of rotatable bonds is 18. The maximum Gasteiger partial charge on any atom is 0.337 e. The maximum absolute atomic E-state index is 11.5. The Balaban J connectivity index is 0.000000584. The third kappa shape index (κ3) is 34.1. The molecule has 8 aromatic carbocycles. The van der Waals surface area contributed by atoms with Gasteiger partial charge in [0.1, 0.15) is 0 Å². The molecule has 0 spiro atoms. The molecule has 0 aliphatic carbocycles. The van der Waals surface area contributed by atoms with Gasteiger partial charge in [0.2, 0.25) is 5.91 Å². The highest BCUT2D eigenvalue weighted by molar-refractivity contribution is 6.34. The molecule has 8 aromatic rings. The molecule has 0 saturated heterocycles. The van der Waals surface area contributed by atoms with E-state index in [0.717, 1.165) is 46.3 Å². The lowest BCUT2D eigenvalue weighted by Gasteiger charge is -2.09. The van der Waals surface area contributed by atoms with Gasteiger partial charge in [-0.15, -0.1) is 0 Å². The predicted octanol–water partition coefficient (Wildman–Crippen LogP) is 24.4. The first-order valence-electron chi connectivity index (χ1n) is 34.2. The molecular formula is C85H106Cl3NO13. The van der Waals surface area contributed by atoms with Gasteiger partial charge in [0, 0.05) is 17.1 Å². The molecule has 0 fully saturated rings. The number of carboxylic acid groups (broad SMARTS) is 6. The van der Waals surface area contributed by atoms with Gasteiger partial charge in [0.25, 0.3) is 0 Å². The lowest BCUT2D eigenvalue weighted by atomic mass is 9.97. The second kappa shape index (κ2) is 46.4. The number of carbonyl (C=O) groups excluding carboxylic acids is 1. The SMILES string of the molecule is CC(C)c1cc(Cl)ccc1C(=O)O.CC(C)c1ccc(C(=O)O)c(Cl)c1.CC(C)c1ccc(C(=O)O)cc1.CC(C)c1ccc(Cl)c(C(=O)O)c1.CC(C)c1cccc(C(=O)O)c1.CC(C)c1ccccc1C(=O)O.CCCCC(=O)Nc1cccc(C(C)C)c1.Cc1cc(C)cc(C(C)C)c1. The van der Waals surface area contributed by atoms with Crippen molar-refractivity contribution in [3.05, 3.63) is 274 Å². The number of hydrogen-bond donors (Lipinski definition) is 7. The molecule has 0 radical (unpaired) electrons. The number of carbonyl (C=O) groups is 7. The molecule has 14 nitrogen and oxygen atoms in total. The first-order valence-corrected chi connectivity index (χ1v) is 35.3. The normalized spacial score (nSPS) is 10.4. The Bertz CT molecular complexity index is 3960. The van der Waals surface area contributed by atoms with E-state index in [1.165, 1.54) is 27.8 Å². The number of halogens is 3. The zero-order chi connectivity index (χ0) is 77.8. The van der Waals surface area contributed by atoms with Gasteiger partial charge >= 0.3 is 35.8 Å². The number of aryl methyl sites for hydroxylation is 2. The minimum absolute atomic E-state index is 0.114. The van der Waals surface area contributed by atoms with Crippen molar-refractivity contribution in [1.29, 1.82) is 0 Å². The van der Waals surface area contributed by atoms with Crippen LogP contribution in [-0.4, -0.2) is 72.4 Å². The Morgan fingerprint density at radius 3 is 1.20 bits per heavy atom. The summed E-state index contributed by atoms with van der Waals surface area (Å²) in [5, 5.41) is 56.6. The summed E-state index contributed by atoms with van der Waals surface area (Å²) in [6.45, 7) is 39.3. The van der Waals surface area contributed by atoms with Crippen LogP contribution in [0.3, 0.4) is 0 Å². The third-order valence-corrected chi connectivity index (χ3v) is 16.5. The van der Waals surface area contributed by atoms with Crippen molar-refractivity contribution in [2.75, 3.05) is 5.32 Å². The number of nitrogens with one attached hydrogen (secondary N) is 1. The second-order valence-corrected chi connectivity index (χ2v) is 28.1. The highest BCUT2D eigenvalue weighted by Gasteiger charge is 2.16. The molecule has 102 heavy (non-hydrogen) atoms. The molecule has 1 amide bonds. The molecular weight excluding hydrogens is 1350 g/mol. The number of aromatic carboxylic acids is 6. The quantitative estimate of drug-likeness (QED) is 0.0423. The molecule has 8 rings (SSSR count). The van der Waals surface area contributed by atoms with Gasteiger partial charge in [-0.2, -0.15) is 0 Å². The van der Waals surface area contributed by atoms with E-state index in [1.807, 2.05) is 118 Å². The van der Waals surface area contributed by atoms with Crippen molar-refractivity contribution in [2.24, 2.45) is 0 Å². The van der Waals surface area contributed by atoms with E-state index in [-0.39, 0.29) is 33.9 Å². The Kier molecular flexibility index (Phi) is 41.4. The second-order valence-electron chi connectivity index (χ2n) is 26.8. The lowest BCUT2D eigenvalue weighted by Crippen LogP contribution is -2.11. The van der Waals surface area contributed by atoms with Crippen LogP contribution in [0, 0.1) is 13.8 Å². The molecule has 0 bridgehead atoms. The van der Waals surface area contributed by atoms with Crippen LogP contribution in [-0.2, 0) is 4.79 Å². The Morgan fingerprint density at radius 2 is 0.755 bits per heavy atom. The molecule has 0 unspecified atom stereocenters. The van der Waals surface area contributed by atoms with E-state index in [2.05, 4.69) is 98.0 Å². The van der Waals surface area contributed by atoms with Crippen LogP contribution in [0.2, 0.25) is 15.1 Å². The number of unbranched alkanes of at least 4 members (excludes halogenated alkanes) is 1. The minimum atomic E-state index is -0.986. The fourth-order valence-electron chi connectivity index (χ4n) is 9.45. The highest BCUT2D eigenvalue weighted by atomic mass is 35.5. The minimum Gasteiger partial charge on any atom is -0.478 e. The van der Waals surface area contributed by atoms with E-state index < -0.39 is 35.8 Å². The molecule has 7 N–H and O–H groups in total. The topological polar surface area (TPSA) is 253 Å². The molecule has 0 aliphatic heterocycles. The summed E-state index contributed by atoms with van der Waals surface area (Å²) >= 11 is 17.3. The smallest absolute Gasteiger partial charge is 0.337 e. The standard InChI is InChI=1S/C14H21NO.C11H16.3C10H11ClO2.3C10H12O2/c1-4-5-9-14(16)15-13-8-6-7-12(10-13)11(2)3;1-8(2)11-6-9(3)5-10(4)7-11;1-6(2)9-5-7(11)3-4-8(9)10(12)13;1-6(2)7-3-4-9(11)8(5-7)10(12)13;1-6(2)7-3-4-8(10(12)13)9(11)5-7;1-7(2)8-3-5-9(6-4-8)10(11)12;1-7(2)8-4-3-5-9(6-8)10(11)12;1-7(2)8-5-3-4-6-9(8)10(11)12/h6-8,10-11H,4-5,9H2,1-3H3,(H,15,16);5-8H,1-4H3;3*3-6H,1-2H3,(H,12,13);3*3-7H,1-2H3,(H,11,12). The van der Waals surface area contributed by atoms with E-state index in [9.17, 15) is 33.6 Å². The fourth-order valence-corrected chi connectivity index (χ4v) is 10.1. The summed E-state index contributed by atoms with van der Waals surface area (Å²) in [6.07, 6.45) is 2.62. The molecule has 0 atom stereocenters. The van der Waals surface area contributed by atoms with Gasteiger partial charge in [-0.05, 0) is 197 Å². The Labute approximate surface area is 620 Å². The fraction of sp³-hybridized carbons (Fsp3) is 0.353. The van der Waals surface area contributed by atoms with Crippen LogP contribution >= 0.6 is 34.8 Å². The van der Waals surface area contributed by atoms with Crippen LogP contribution in [0.4, 0.5) is 5.69 Å². The van der Waals surface area contributed by atoms with Crippen LogP contribution in [0.15, 0.2) is 170 Å². The van der Waals surface area contributed by atoms with E-state index >= 15 is 0 Å². The molecule has 17 heteroatoms. The summed E-state index contributed by atoms with van der Waals surface area (Å²) in [5.41, 5.74) is 14.1. The molecule has 0 heterocycles. The third-order valence-electron chi connectivity index (χ3n) is 15.6. The predicted molar refractivity (Wildman–Crippen MR) is 419 cm³/mol. The van der Waals surface area contributed by atoms with Gasteiger partial charge in [0.15, 0.2) is 0 Å². The number of amides is 1. The summed E-state index contributed by atoms with van der Waals surface area (Å²) in [7, 11) is 0. The molecule has 550 valence electrons. The Morgan fingerprint density at radius 1 is 0.333 bits per heavy atom. The molecule has 0 saturated carbocycles. The zero-order valence-corrected chi connectivity index (χ0v) is 64.8. The van der Waals surface area contributed by atoms with Gasteiger partial charge in [0.05, 0.1) is 43.4 Å². The van der Waals surface area contributed by atoms with Gasteiger partial charge < -0.3 is 36.0 Å². The first kappa shape index (κ1) is 90.9. The van der Waals surface area contributed by atoms with Gasteiger partial charge in [-0.1, -0.05) is 255 Å². The number of benzene rings is 8. The van der Waals surface area contributed by atoms with Crippen molar-refractivity contribution in [1.82, 2.24) is 0 Å². The van der Waals surface area contributed by atoms with Crippen molar-refractivity contribution >= 4 is 82.2 Å². The van der Waals surface area contributed by atoms with Crippen molar-refractivity contribution < 1.29 is 64.2 Å². The number of carboxylic acids is 6. The van der Waals surface area contributed by atoms with E-state index in [1.54, 1.807) is 91.0 Å². The van der Waals surface area contributed by atoms with Crippen molar-refractivity contribution in [3.8, 4) is 0 Å². The van der Waals surface area contributed by atoms with Crippen molar-refractivity contribution in [2.45, 2.75) is 198 Å². The lowest BCUT2D eigenvalue weighted by molar-refractivity contribution is -0.116. The number of hydrogen-bond acceptors (Lipinski definition) is 7. The monoisotopic (exact) mass is 1450 g/mol. The summed E-state index contributed by atoms with van der Waals surface area (Å²) in [4.78, 5) is 75.5. The summed E-state index contributed by atoms with van der Waals surface area (Å²) in [5.74, 6) is -2.26. The maximum atomic E-state index is 11.5. The van der Waals surface area contributed by atoms with Gasteiger partial charge in [-0.25, -0.2) is 28.8 Å². The summed E-state index contributed by atoms with van der Waals surface area (Å²) in [6, 6.07) is 50.9. The van der Waals surface area contributed by atoms with Gasteiger partial charge in [-0.3, -0.25) is 4.79 Å². The number of anilines is 1. The highest BCUT2D eigenvalue weighted by Crippen LogP contribution is 2.27. The van der Waals surface area contributed by atoms with Crippen LogP contribution < -0.4 is 5.32 Å². The first-order chi connectivity index (χ1) is 47.6. The largest absolute Gasteiger partial charge is 0.478 e. The van der Waals surface area contributed by atoms with Crippen LogP contribution in [0.5, 0.6) is 0 Å². The zero-order valence-electron chi connectivity index (χ0n) is 62.6. The van der Waals surface area contributed by atoms with Crippen molar-refractivity contribution in [3.63, 3.8) is 0 Å². The summed E-state index contributed by atoms with van der Waals surface area (Å²) < 4.78 is 0. The van der Waals surface area contributed by atoms with Crippen LogP contribution in [0.25, 0.3) is 0 Å². The van der Waals surface area contributed by atoms with E-state index in [4.69, 9.17) is 65.4 Å². The molecule has 0 aromatic heterocycles. The van der Waals surface area contributed by atoms with E-state index in [0.29, 0.717) is 74.2 Å². The molecule has 0 aliphatic rings. The average molecular weight is 1460 g/mol. The van der Waals surface area contributed by atoms with Crippen LogP contribution in [0.1, 0.15) is 302 Å². The average Bonchev–Trinajstić information content (AvgIpc) is 0.893. The Hall–Kier alpha value is -9.08.